The van der Waals surface area contributed by atoms with Crippen molar-refractivity contribution in [3.8, 4) is 11.5 Å². The first-order chi connectivity index (χ1) is 8.85. The van der Waals surface area contributed by atoms with E-state index >= 15 is 0 Å². The molecule has 1 aromatic rings. The van der Waals surface area contributed by atoms with Crippen LogP contribution in [0, 0.1) is 12.8 Å². The standard InChI is InChI=1S/C13H21NO4S/c1-4-11(9-19(14,15)16)8-18-12-6-5-10(2)7-13(12)17-3/h5-7,11H,4,8-9H2,1-3H3,(H2,14,15,16). The second kappa shape index (κ2) is 6.77. The minimum absolute atomic E-state index is 0.0717. The van der Waals surface area contributed by atoms with Crippen molar-refractivity contribution < 1.29 is 17.9 Å². The number of rotatable bonds is 7. The van der Waals surface area contributed by atoms with Gasteiger partial charge in [-0.3, -0.25) is 0 Å². The number of nitrogens with two attached hydrogens (primary N) is 1. The maximum Gasteiger partial charge on any atom is 0.209 e. The Morgan fingerprint density at radius 1 is 1.32 bits per heavy atom. The van der Waals surface area contributed by atoms with Crippen LogP contribution >= 0.6 is 0 Å². The molecule has 1 rings (SSSR count). The maximum absolute atomic E-state index is 11.1. The third-order valence-electron chi connectivity index (χ3n) is 2.84. The second-order valence-electron chi connectivity index (χ2n) is 4.57. The zero-order valence-electron chi connectivity index (χ0n) is 11.5. The zero-order valence-corrected chi connectivity index (χ0v) is 12.4. The van der Waals surface area contributed by atoms with Gasteiger partial charge in [0.25, 0.3) is 0 Å². The number of aryl methyl sites for hydroxylation is 1. The molecule has 0 aliphatic heterocycles. The van der Waals surface area contributed by atoms with E-state index in [1.54, 1.807) is 7.11 Å². The summed E-state index contributed by atoms with van der Waals surface area (Å²) in [4.78, 5) is 0. The molecule has 5 nitrogen and oxygen atoms in total. The Bertz CT molecular complexity index is 513. The van der Waals surface area contributed by atoms with Crippen molar-refractivity contribution >= 4 is 10.0 Å². The van der Waals surface area contributed by atoms with Gasteiger partial charge < -0.3 is 9.47 Å². The van der Waals surface area contributed by atoms with E-state index in [0.717, 1.165) is 5.56 Å². The first-order valence-corrected chi connectivity index (χ1v) is 7.85. The Morgan fingerprint density at radius 2 is 2.00 bits per heavy atom. The van der Waals surface area contributed by atoms with E-state index in [0.29, 0.717) is 24.5 Å². The van der Waals surface area contributed by atoms with Crippen molar-refractivity contribution in [3.63, 3.8) is 0 Å². The fourth-order valence-corrected chi connectivity index (χ4v) is 2.70. The number of sulfonamides is 1. The van der Waals surface area contributed by atoms with Gasteiger partial charge >= 0.3 is 0 Å². The fourth-order valence-electron chi connectivity index (χ4n) is 1.71. The van der Waals surface area contributed by atoms with Crippen molar-refractivity contribution in [1.29, 1.82) is 0 Å². The maximum atomic E-state index is 11.1. The van der Waals surface area contributed by atoms with Gasteiger partial charge in [-0.05, 0) is 31.0 Å². The summed E-state index contributed by atoms with van der Waals surface area (Å²) in [6.07, 6.45) is 0.685. The summed E-state index contributed by atoms with van der Waals surface area (Å²) in [6.45, 7) is 4.17. The van der Waals surface area contributed by atoms with Crippen LogP contribution in [0.3, 0.4) is 0 Å². The van der Waals surface area contributed by atoms with Crippen LogP contribution in [0.5, 0.6) is 11.5 Å². The van der Waals surface area contributed by atoms with E-state index in [1.165, 1.54) is 0 Å². The molecule has 0 aromatic heterocycles. The minimum Gasteiger partial charge on any atom is -0.493 e. The molecule has 0 radical (unpaired) electrons. The van der Waals surface area contributed by atoms with Crippen LogP contribution in [-0.4, -0.2) is 27.9 Å². The summed E-state index contributed by atoms with van der Waals surface area (Å²) in [5, 5.41) is 5.05. The van der Waals surface area contributed by atoms with E-state index < -0.39 is 10.0 Å². The van der Waals surface area contributed by atoms with Crippen LogP contribution in [0.2, 0.25) is 0 Å². The van der Waals surface area contributed by atoms with Crippen molar-refractivity contribution in [3.05, 3.63) is 23.8 Å². The Labute approximate surface area is 114 Å². The summed E-state index contributed by atoms with van der Waals surface area (Å²) in [5.74, 6) is 1.06. The third-order valence-corrected chi connectivity index (χ3v) is 3.78. The lowest BCUT2D eigenvalue weighted by atomic mass is 10.1. The molecule has 1 aromatic carbocycles. The van der Waals surface area contributed by atoms with Gasteiger partial charge in [-0.15, -0.1) is 0 Å². The lowest BCUT2D eigenvalue weighted by Crippen LogP contribution is -2.26. The van der Waals surface area contributed by atoms with Crippen molar-refractivity contribution in [2.75, 3.05) is 19.5 Å². The molecular weight excluding hydrogens is 266 g/mol. The molecule has 0 amide bonds. The van der Waals surface area contributed by atoms with Gasteiger partial charge in [-0.1, -0.05) is 13.0 Å². The highest BCUT2D eigenvalue weighted by Gasteiger charge is 2.16. The smallest absolute Gasteiger partial charge is 0.209 e. The lowest BCUT2D eigenvalue weighted by molar-refractivity contribution is 0.245. The monoisotopic (exact) mass is 287 g/mol. The lowest BCUT2D eigenvalue weighted by Gasteiger charge is -2.16. The molecule has 0 saturated heterocycles. The Hall–Kier alpha value is -1.27. The number of ether oxygens (including phenoxy) is 2. The molecule has 0 bridgehead atoms. The predicted molar refractivity (Wildman–Crippen MR) is 75.0 cm³/mol. The normalized spacial score (nSPS) is 13.1. The number of hydrogen-bond acceptors (Lipinski definition) is 4. The molecule has 19 heavy (non-hydrogen) atoms. The van der Waals surface area contributed by atoms with E-state index in [-0.39, 0.29) is 11.7 Å². The molecule has 0 aliphatic rings. The molecule has 0 saturated carbocycles. The molecule has 0 aliphatic carbocycles. The highest BCUT2D eigenvalue weighted by Crippen LogP contribution is 2.28. The van der Waals surface area contributed by atoms with E-state index in [9.17, 15) is 8.42 Å². The molecular formula is C13H21NO4S. The first-order valence-electron chi connectivity index (χ1n) is 6.13. The van der Waals surface area contributed by atoms with Crippen LogP contribution in [0.1, 0.15) is 18.9 Å². The van der Waals surface area contributed by atoms with E-state index in [1.807, 2.05) is 32.0 Å². The summed E-state index contributed by atoms with van der Waals surface area (Å²) < 4.78 is 33.0. The third kappa shape index (κ3) is 5.48. The van der Waals surface area contributed by atoms with Gasteiger partial charge in [0.15, 0.2) is 11.5 Å². The predicted octanol–water partition coefficient (Wildman–Crippen LogP) is 1.70. The second-order valence-corrected chi connectivity index (χ2v) is 6.23. The highest BCUT2D eigenvalue weighted by molar-refractivity contribution is 7.89. The topological polar surface area (TPSA) is 78.6 Å². The molecule has 0 heterocycles. The summed E-state index contributed by atoms with van der Waals surface area (Å²) in [5.41, 5.74) is 1.07. The minimum atomic E-state index is -3.47. The van der Waals surface area contributed by atoms with Crippen molar-refractivity contribution in [1.82, 2.24) is 0 Å². The van der Waals surface area contributed by atoms with E-state index in [2.05, 4.69) is 0 Å². The quantitative estimate of drug-likeness (QED) is 0.828. The molecule has 1 unspecified atom stereocenters. The average Bonchev–Trinajstić information content (AvgIpc) is 2.34. The number of methoxy groups -OCH3 is 1. The highest BCUT2D eigenvalue weighted by atomic mass is 32.2. The average molecular weight is 287 g/mol. The van der Waals surface area contributed by atoms with Gasteiger partial charge in [-0.25, -0.2) is 13.6 Å². The van der Waals surface area contributed by atoms with E-state index in [4.69, 9.17) is 14.6 Å². The Kier molecular flexibility index (Phi) is 5.62. The van der Waals surface area contributed by atoms with Gasteiger partial charge in [0.1, 0.15) is 0 Å². The molecule has 0 fully saturated rings. The molecule has 2 N–H and O–H groups in total. The van der Waals surface area contributed by atoms with Gasteiger partial charge in [0.05, 0.1) is 19.5 Å². The Morgan fingerprint density at radius 3 is 2.53 bits per heavy atom. The van der Waals surface area contributed by atoms with Crippen LogP contribution in [0.25, 0.3) is 0 Å². The van der Waals surface area contributed by atoms with Crippen LogP contribution in [0.4, 0.5) is 0 Å². The summed E-state index contributed by atoms with van der Waals surface area (Å²) in [7, 11) is -1.90. The number of benzene rings is 1. The largest absolute Gasteiger partial charge is 0.493 e. The molecule has 0 spiro atoms. The van der Waals surface area contributed by atoms with Gasteiger partial charge in [-0.2, -0.15) is 0 Å². The molecule has 6 heteroatoms. The summed E-state index contributed by atoms with van der Waals surface area (Å²) in [6, 6.07) is 5.60. The van der Waals surface area contributed by atoms with Gasteiger partial charge in [0, 0.05) is 5.92 Å². The SMILES string of the molecule is CCC(COc1ccc(C)cc1OC)CS(N)(=O)=O. The number of hydrogen-bond donors (Lipinski definition) is 1. The Balaban J connectivity index is 2.69. The number of primary sulfonamides is 1. The van der Waals surface area contributed by atoms with Crippen LogP contribution in [-0.2, 0) is 10.0 Å². The van der Waals surface area contributed by atoms with Crippen molar-refractivity contribution in [2.45, 2.75) is 20.3 Å². The fraction of sp³-hybridized carbons (Fsp3) is 0.538. The molecule has 1 atom stereocenters. The molecule has 108 valence electrons. The first kappa shape index (κ1) is 15.8. The zero-order chi connectivity index (χ0) is 14.5. The van der Waals surface area contributed by atoms with Crippen LogP contribution in [0.15, 0.2) is 18.2 Å². The van der Waals surface area contributed by atoms with Gasteiger partial charge in [0.2, 0.25) is 10.0 Å². The van der Waals surface area contributed by atoms with Crippen LogP contribution < -0.4 is 14.6 Å². The van der Waals surface area contributed by atoms with Crippen molar-refractivity contribution in [2.24, 2.45) is 11.1 Å². The summed E-state index contributed by atoms with van der Waals surface area (Å²) >= 11 is 0.